The van der Waals surface area contributed by atoms with Crippen LogP contribution in [0, 0.1) is 6.92 Å². The van der Waals surface area contributed by atoms with Crippen molar-refractivity contribution >= 4 is 11.8 Å². The van der Waals surface area contributed by atoms with Gasteiger partial charge in [-0.05, 0) is 31.0 Å². The number of carbonyl (C=O) groups is 2. The third kappa shape index (κ3) is 5.19. The smallest absolute Gasteiger partial charge is 0.222 e. The lowest BCUT2D eigenvalue weighted by Crippen LogP contribution is -2.33. The van der Waals surface area contributed by atoms with Gasteiger partial charge in [-0.15, -0.1) is 0 Å². The highest BCUT2D eigenvalue weighted by atomic mass is 16.2. The average Bonchev–Trinajstić information content (AvgIpc) is 2.55. The molecule has 0 saturated heterocycles. The number of benzene rings is 1. The summed E-state index contributed by atoms with van der Waals surface area (Å²) in [6, 6.07) is 11.1. The third-order valence-corrected chi connectivity index (χ3v) is 3.81. The van der Waals surface area contributed by atoms with Crippen LogP contribution in [0.5, 0.6) is 0 Å². The Morgan fingerprint density at radius 2 is 1.79 bits per heavy atom. The van der Waals surface area contributed by atoms with Crippen LogP contribution < -0.4 is 10.6 Å². The molecule has 5 heteroatoms. The van der Waals surface area contributed by atoms with Gasteiger partial charge in [-0.1, -0.05) is 35.9 Å². The molecular weight excluding hydrogens is 302 g/mol. The minimum absolute atomic E-state index is 0.120. The molecule has 0 fully saturated rings. The fourth-order valence-electron chi connectivity index (χ4n) is 2.50. The lowest BCUT2D eigenvalue weighted by atomic mass is 10.0. The summed E-state index contributed by atoms with van der Waals surface area (Å²) in [6.07, 6.45) is 3.62. The van der Waals surface area contributed by atoms with Crippen molar-refractivity contribution in [3.8, 4) is 0 Å². The molecule has 2 unspecified atom stereocenters. The van der Waals surface area contributed by atoms with E-state index in [9.17, 15) is 9.59 Å². The number of hydrogen-bond donors (Lipinski definition) is 2. The Balaban J connectivity index is 2.04. The van der Waals surface area contributed by atoms with Crippen molar-refractivity contribution in [3.05, 3.63) is 65.5 Å². The molecule has 2 atom stereocenters. The minimum atomic E-state index is -0.343. The summed E-state index contributed by atoms with van der Waals surface area (Å²) in [5, 5.41) is 5.80. The highest BCUT2D eigenvalue weighted by molar-refractivity contribution is 5.79. The van der Waals surface area contributed by atoms with Crippen LogP contribution in [0.25, 0.3) is 0 Å². The van der Waals surface area contributed by atoms with Crippen molar-refractivity contribution < 1.29 is 9.59 Å². The monoisotopic (exact) mass is 325 g/mol. The Morgan fingerprint density at radius 3 is 2.38 bits per heavy atom. The van der Waals surface area contributed by atoms with Gasteiger partial charge in [-0.3, -0.25) is 14.6 Å². The molecule has 2 amide bonds. The maximum Gasteiger partial charge on any atom is 0.222 e. The van der Waals surface area contributed by atoms with Gasteiger partial charge in [0.15, 0.2) is 0 Å². The van der Waals surface area contributed by atoms with Crippen LogP contribution in [0.3, 0.4) is 0 Å². The van der Waals surface area contributed by atoms with Crippen LogP contribution in [0.1, 0.15) is 49.0 Å². The molecule has 1 heterocycles. The quantitative estimate of drug-likeness (QED) is 0.858. The molecule has 126 valence electrons. The van der Waals surface area contributed by atoms with E-state index in [1.165, 1.54) is 6.92 Å². The summed E-state index contributed by atoms with van der Waals surface area (Å²) < 4.78 is 0. The van der Waals surface area contributed by atoms with Crippen molar-refractivity contribution in [2.45, 2.75) is 39.3 Å². The van der Waals surface area contributed by atoms with Gasteiger partial charge in [0.1, 0.15) is 0 Å². The maximum atomic E-state index is 12.4. The lowest BCUT2D eigenvalue weighted by Gasteiger charge is -2.20. The molecule has 5 nitrogen and oxygen atoms in total. The molecule has 2 N–H and O–H groups in total. The van der Waals surface area contributed by atoms with Crippen molar-refractivity contribution in [2.24, 2.45) is 0 Å². The van der Waals surface area contributed by atoms with Crippen molar-refractivity contribution in [3.63, 3.8) is 0 Å². The van der Waals surface area contributed by atoms with Gasteiger partial charge in [0.2, 0.25) is 11.8 Å². The van der Waals surface area contributed by atoms with Crippen LogP contribution in [-0.2, 0) is 9.59 Å². The van der Waals surface area contributed by atoms with Gasteiger partial charge in [0.05, 0.1) is 18.5 Å². The van der Waals surface area contributed by atoms with Gasteiger partial charge >= 0.3 is 0 Å². The first-order valence-electron chi connectivity index (χ1n) is 7.98. The second-order valence-electron chi connectivity index (χ2n) is 5.94. The highest BCUT2D eigenvalue weighted by Crippen LogP contribution is 2.19. The Bertz CT molecular complexity index is 684. The molecule has 24 heavy (non-hydrogen) atoms. The molecule has 2 rings (SSSR count). The number of pyridine rings is 1. The summed E-state index contributed by atoms with van der Waals surface area (Å²) in [5.74, 6) is -0.278. The zero-order valence-corrected chi connectivity index (χ0v) is 14.2. The molecular formula is C19H23N3O2. The third-order valence-electron chi connectivity index (χ3n) is 3.81. The predicted octanol–water partition coefficient (Wildman–Crippen LogP) is 2.83. The van der Waals surface area contributed by atoms with E-state index < -0.39 is 0 Å². The van der Waals surface area contributed by atoms with Gasteiger partial charge in [-0.2, -0.15) is 0 Å². The maximum absolute atomic E-state index is 12.4. The molecule has 0 aliphatic carbocycles. The number of nitrogens with zero attached hydrogens (tertiary/aromatic N) is 1. The van der Waals surface area contributed by atoms with Crippen LogP contribution >= 0.6 is 0 Å². The highest BCUT2D eigenvalue weighted by Gasteiger charge is 2.18. The van der Waals surface area contributed by atoms with E-state index in [4.69, 9.17) is 0 Å². The van der Waals surface area contributed by atoms with Crippen LogP contribution in [0.2, 0.25) is 0 Å². The van der Waals surface area contributed by atoms with E-state index in [-0.39, 0.29) is 30.3 Å². The van der Waals surface area contributed by atoms with Gasteiger partial charge in [0.25, 0.3) is 0 Å². The standard InChI is InChI=1S/C19H23N3O2/c1-13-6-8-16(9-7-13)18(22-15(3)23)11-19(24)21-14(2)17-5-4-10-20-12-17/h4-10,12,14,18H,11H2,1-3H3,(H,21,24)(H,22,23). The Kier molecular flexibility index (Phi) is 6.07. The lowest BCUT2D eigenvalue weighted by molar-refractivity contribution is -0.123. The second kappa shape index (κ2) is 8.24. The molecule has 0 saturated carbocycles. The predicted molar refractivity (Wildman–Crippen MR) is 93.1 cm³/mol. The number of rotatable bonds is 6. The summed E-state index contributed by atoms with van der Waals surface area (Å²) in [7, 11) is 0. The zero-order valence-electron chi connectivity index (χ0n) is 14.2. The number of carbonyl (C=O) groups excluding carboxylic acids is 2. The molecule has 1 aromatic carbocycles. The van der Waals surface area contributed by atoms with E-state index in [0.717, 1.165) is 16.7 Å². The molecule has 0 aliphatic heterocycles. The SMILES string of the molecule is CC(=O)NC(CC(=O)NC(C)c1cccnc1)c1ccc(C)cc1. The number of aromatic nitrogens is 1. The molecule has 0 aliphatic rings. The number of aryl methyl sites for hydroxylation is 1. The van der Waals surface area contributed by atoms with E-state index in [1.54, 1.807) is 12.4 Å². The van der Waals surface area contributed by atoms with Crippen molar-refractivity contribution in [1.29, 1.82) is 0 Å². The summed E-state index contributed by atoms with van der Waals surface area (Å²) in [5.41, 5.74) is 2.99. The Labute approximate surface area is 142 Å². The van der Waals surface area contributed by atoms with E-state index in [0.29, 0.717) is 0 Å². The fourth-order valence-corrected chi connectivity index (χ4v) is 2.50. The molecule has 0 bridgehead atoms. The van der Waals surface area contributed by atoms with Crippen molar-refractivity contribution in [1.82, 2.24) is 15.6 Å². The fraction of sp³-hybridized carbons (Fsp3) is 0.316. The van der Waals surface area contributed by atoms with Crippen LogP contribution in [0.4, 0.5) is 0 Å². The van der Waals surface area contributed by atoms with Gasteiger partial charge < -0.3 is 10.6 Å². The average molecular weight is 325 g/mol. The van der Waals surface area contributed by atoms with Gasteiger partial charge in [0, 0.05) is 19.3 Å². The first-order chi connectivity index (χ1) is 11.5. The largest absolute Gasteiger partial charge is 0.349 e. The number of nitrogens with one attached hydrogen (secondary N) is 2. The van der Waals surface area contributed by atoms with Crippen LogP contribution in [-0.4, -0.2) is 16.8 Å². The topological polar surface area (TPSA) is 71.1 Å². The zero-order chi connectivity index (χ0) is 17.5. The molecule has 1 aromatic heterocycles. The summed E-state index contributed by atoms with van der Waals surface area (Å²) in [6.45, 7) is 5.37. The number of hydrogen-bond acceptors (Lipinski definition) is 3. The Hall–Kier alpha value is -2.69. The van der Waals surface area contributed by atoms with Crippen molar-refractivity contribution in [2.75, 3.05) is 0 Å². The first-order valence-corrected chi connectivity index (χ1v) is 7.98. The van der Waals surface area contributed by atoms with Crippen LogP contribution in [0.15, 0.2) is 48.8 Å². The first kappa shape index (κ1) is 17.7. The minimum Gasteiger partial charge on any atom is -0.349 e. The molecule has 2 aromatic rings. The second-order valence-corrected chi connectivity index (χ2v) is 5.94. The summed E-state index contributed by atoms with van der Waals surface area (Å²) >= 11 is 0. The summed E-state index contributed by atoms with van der Waals surface area (Å²) in [4.78, 5) is 27.9. The van der Waals surface area contributed by atoms with E-state index in [1.807, 2.05) is 50.2 Å². The van der Waals surface area contributed by atoms with E-state index >= 15 is 0 Å². The Morgan fingerprint density at radius 1 is 1.08 bits per heavy atom. The number of amides is 2. The molecule has 0 radical (unpaired) electrons. The van der Waals surface area contributed by atoms with Gasteiger partial charge in [-0.25, -0.2) is 0 Å². The normalized spacial score (nSPS) is 13.0. The molecule has 0 spiro atoms. The van der Waals surface area contributed by atoms with E-state index in [2.05, 4.69) is 15.6 Å².